The molecule has 0 aromatic rings. The average molecular weight is 247 g/mol. The zero-order valence-corrected chi connectivity index (χ0v) is 10.9. The number of nitrogens with two attached hydrogens (primary N) is 1. The lowest BCUT2D eigenvalue weighted by molar-refractivity contribution is 0.132. The molecule has 0 aliphatic heterocycles. The Bertz CT molecular complexity index is 200. The summed E-state index contributed by atoms with van der Waals surface area (Å²) in [5, 5.41) is 11.4. The van der Waals surface area contributed by atoms with Gasteiger partial charge in [0.05, 0.1) is 6.61 Å². The van der Waals surface area contributed by atoms with Crippen LogP contribution in [-0.2, 0) is 9.47 Å². The van der Waals surface area contributed by atoms with E-state index in [0.29, 0.717) is 6.42 Å². The highest BCUT2D eigenvalue weighted by Crippen LogP contribution is 1.98. The molecule has 0 heterocycles. The third-order valence-corrected chi connectivity index (χ3v) is 2.47. The van der Waals surface area contributed by atoms with Crippen LogP contribution in [0.2, 0.25) is 0 Å². The summed E-state index contributed by atoms with van der Waals surface area (Å²) in [6.45, 7) is 4.29. The molecule has 17 heavy (non-hydrogen) atoms. The van der Waals surface area contributed by atoms with Crippen molar-refractivity contribution in [3.8, 4) is 0 Å². The summed E-state index contributed by atoms with van der Waals surface area (Å²) in [6, 6.07) is 0. The first-order valence-corrected chi connectivity index (χ1v) is 5.91. The summed E-state index contributed by atoms with van der Waals surface area (Å²) < 4.78 is 10.1. The maximum absolute atomic E-state index is 8.43. The molecule has 0 radical (unpaired) electrons. The second-order valence-corrected chi connectivity index (χ2v) is 3.88. The van der Waals surface area contributed by atoms with Crippen LogP contribution in [0.25, 0.3) is 0 Å². The highest BCUT2D eigenvalue weighted by Gasteiger charge is 2.05. The molecule has 6 nitrogen and oxygen atoms in total. The van der Waals surface area contributed by atoms with Crippen LogP contribution in [0.3, 0.4) is 0 Å². The third-order valence-electron chi connectivity index (χ3n) is 2.47. The van der Waals surface area contributed by atoms with Gasteiger partial charge in [0, 0.05) is 40.3 Å². The van der Waals surface area contributed by atoms with Gasteiger partial charge in [-0.1, -0.05) is 5.16 Å². The van der Waals surface area contributed by atoms with Crippen LogP contribution in [0.4, 0.5) is 0 Å². The van der Waals surface area contributed by atoms with Crippen molar-refractivity contribution in [1.82, 2.24) is 4.90 Å². The number of ether oxygens (including phenoxy) is 2. The van der Waals surface area contributed by atoms with Crippen molar-refractivity contribution in [3.05, 3.63) is 0 Å². The summed E-state index contributed by atoms with van der Waals surface area (Å²) in [5.74, 6) is 0.286. The summed E-state index contributed by atoms with van der Waals surface area (Å²) >= 11 is 0. The molecule has 6 heteroatoms. The number of nitrogens with zero attached hydrogens (tertiary/aromatic N) is 2. The van der Waals surface area contributed by atoms with Crippen molar-refractivity contribution >= 4 is 5.84 Å². The highest BCUT2D eigenvalue weighted by atomic mass is 16.5. The number of rotatable bonds is 11. The molecule has 0 spiro atoms. The monoisotopic (exact) mass is 247 g/mol. The third kappa shape index (κ3) is 10.0. The molecule has 0 aromatic carbocycles. The Morgan fingerprint density at radius 1 is 1.12 bits per heavy atom. The minimum absolute atomic E-state index is 0.286. The van der Waals surface area contributed by atoms with Gasteiger partial charge in [-0.05, 0) is 19.4 Å². The SMILES string of the molecule is COCCCN(CCC/C(N)=N/O)CCOC. The van der Waals surface area contributed by atoms with Crippen molar-refractivity contribution in [1.29, 1.82) is 0 Å². The largest absolute Gasteiger partial charge is 0.409 e. The van der Waals surface area contributed by atoms with Crippen LogP contribution in [-0.4, -0.2) is 63.0 Å². The molecule has 0 bridgehead atoms. The van der Waals surface area contributed by atoms with Gasteiger partial charge in [0.15, 0.2) is 0 Å². The number of hydrogen-bond donors (Lipinski definition) is 2. The molecular weight excluding hydrogens is 222 g/mol. The Kier molecular flexibility index (Phi) is 11.0. The maximum atomic E-state index is 8.43. The molecule has 0 amide bonds. The Morgan fingerprint density at radius 2 is 1.76 bits per heavy atom. The molecule has 0 unspecified atom stereocenters. The second-order valence-electron chi connectivity index (χ2n) is 3.88. The summed E-state index contributed by atoms with van der Waals surface area (Å²) in [4.78, 5) is 2.30. The van der Waals surface area contributed by atoms with E-state index >= 15 is 0 Å². The van der Waals surface area contributed by atoms with Gasteiger partial charge in [-0.25, -0.2) is 0 Å². The van der Waals surface area contributed by atoms with E-state index in [1.165, 1.54) is 0 Å². The smallest absolute Gasteiger partial charge is 0.139 e. The van der Waals surface area contributed by atoms with Crippen molar-refractivity contribution in [2.75, 3.05) is 47.1 Å². The molecule has 0 atom stereocenters. The first-order chi connectivity index (χ1) is 8.24. The molecule has 0 fully saturated rings. The zero-order chi connectivity index (χ0) is 12.9. The molecule has 0 aliphatic rings. The van der Waals surface area contributed by atoms with Crippen molar-refractivity contribution in [2.45, 2.75) is 19.3 Å². The Morgan fingerprint density at radius 3 is 2.35 bits per heavy atom. The van der Waals surface area contributed by atoms with E-state index in [1.54, 1.807) is 14.2 Å². The fraction of sp³-hybridized carbons (Fsp3) is 0.909. The minimum Gasteiger partial charge on any atom is -0.409 e. The molecule has 0 aliphatic carbocycles. The average Bonchev–Trinajstić information content (AvgIpc) is 2.35. The van der Waals surface area contributed by atoms with E-state index in [2.05, 4.69) is 10.1 Å². The molecule has 3 N–H and O–H groups in total. The lowest BCUT2D eigenvalue weighted by Gasteiger charge is -2.21. The first kappa shape index (κ1) is 16.1. The molecule has 0 saturated carbocycles. The fourth-order valence-corrected chi connectivity index (χ4v) is 1.52. The Labute approximate surface area is 103 Å². The number of amidine groups is 1. The van der Waals surface area contributed by atoms with Crippen LogP contribution < -0.4 is 5.73 Å². The van der Waals surface area contributed by atoms with Gasteiger partial charge >= 0.3 is 0 Å². The van der Waals surface area contributed by atoms with Crippen LogP contribution in [0.15, 0.2) is 5.16 Å². The minimum atomic E-state index is 0.286. The summed E-state index contributed by atoms with van der Waals surface area (Å²) in [7, 11) is 3.40. The normalized spacial score (nSPS) is 12.3. The molecule has 0 rings (SSSR count). The molecule has 0 saturated heterocycles. The standard InChI is InChI=1S/C11H25N3O3/c1-16-9-4-7-14(8-10-17-2)6-3-5-11(12)13-15/h15H,3-10H2,1-2H3,(H2,12,13). The lowest BCUT2D eigenvalue weighted by Crippen LogP contribution is -2.30. The first-order valence-electron chi connectivity index (χ1n) is 5.91. The van der Waals surface area contributed by atoms with Crippen LogP contribution in [0, 0.1) is 0 Å². The van der Waals surface area contributed by atoms with Gasteiger partial charge in [-0.3, -0.25) is 0 Å². The van der Waals surface area contributed by atoms with E-state index in [9.17, 15) is 0 Å². The van der Waals surface area contributed by atoms with E-state index in [1.807, 2.05) is 0 Å². The topological polar surface area (TPSA) is 80.3 Å². The second kappa shape index (κ2) is 11.6. The van der Waals surface area contributed by atoms with Crippen molar-refractivity contribution in [2.24, 2.45) is 10.9 Å². The van der Waals surface area contributed by atoms with Gasteiger partial charge in [-0.2, -0.15) is 0 Å². The Balaban J connectivity index is 3.75. The fourth-order valence-electron chi connectivity index (χ4n) is 1.52. The quantitative estimate of drug-likeness (QED) is 0.183. The zero-order valence-electron chi connectivity index (χ0n) is 10.9. The van der Waals surface area contributed by atoms with Crippen LogP contribution >= 0.6 is 0 Å². The van der Waals surface area contributed by atoms with E-state index in [-0.39, 0.29) is 5.84 Å². The van der Waals surface area contributed by atoms with Gasteiger partial charge in [0.25, 0.3) is 0 Å². The number of methoxy groups -OCH3 is 2. The summed E-state index contributed by atoms with van der Waals surface area (Å²) in [5.41, 5.74) is 5.42. The summed E-state index contributed by atoms with van der Waals surface area (Å²) in [6.07, 6.45) is 2.50. The van der Waals surface area contributed by atoms with Gasteiger partial charge in [0.1, 0.15) is 5.84 Å². The van der Waals surface area contributed by atoms with Crippen molar-refractivity contribution < 1.29 is 14.7 Å². The van der Waals surface area contributed by atoms with Gasteiger partial charge < -0.3 is 25.3 Å². The van der Waals surface area contributed by atoms with E-state index < -0.39 is 0 Å². The van der Waals surface area contributed by atoms with Crippen LogP contribution in [0.1, 0.15) is 19.3 Å². The van der Waals surface area contributed by atoms with Gasteiger partial charge in [0.2, 0.25) is 0 Å². The maximum Gasteiger partial charge on any atom is 0.139 e. The highest BCUT2D eigenvalue weighted by molar-refractivity contribution is 5.79. The molecule has 102 valence electrons. The van der Waals surface area contributed by atoms with Crippen LogP contribution in [0.5, 0.6) is 0 Å². The van der Waals surface area contributed by atoms with Gasteiger partial charge in [-0.15, -0.1) is 0 Å². The van der Waals surface area contributed by atoms with E-state index in [4.69, 9.17) is 20.4 Å². The molecule has 0 aromatic heterocycles. The Hall–Kier alpha value is -0.850. The number of hydrogen-bond acceptors (Lipinski definition) is 5. The molecular formula is C11H25N3O3. The predicted octanol–water partition coefficient (Wildman–Crippen LogP) is 0.498. The number of oxime groups is 1. The van der Waals surface area contributed by atoms with E-state index in [0.717, 1.165) is 45.7 Å². The predicted molar refractivity (Wildman–Crippen MR) is 67.5 cm³/mol. The van der Waals surface area contributed by atoms with Crippen molar-refractivity contribution in [3.63, 3.8) is 0 Å². The lowest BCUT2D eigenvalue weighted by atomic mass is 10.2.